The zero-order chi connectivity index (χ0) is 13.5. The Balaban J connectivity index is 2.87. The van der Waals surface area contributed by atoms with E-state index in [1.807, 2.05) is 0 Å². The van der Waals surface area contributed by atoms with Gasteiger partial charge in [-0.25, -0.2) is 0 Å². The van der Waals surface area contributed by atoms with Crippen molar-refractivity contribution in [1.82, 2.24) is 0 Å². The van der Waals surface area contributed by atoms with Crippen LogP contribution in [0.15, 0.2) is 5.16 Å². The lowest BCUT2D eigenvalue weighted by Crippen LogP contribution is -2.37. The largest absolute Gasteiger partial charge is 0.341 e. The van der Waals surface area contributed by atoms with Gasteiger partial charge in [-0.2, -0.15) is 8.42 Å². The molecular weight excluding hydrogens is 270 g/mol. The second-order valence-electron chi connectivity index (χ2n) is 4.80. The third-order valence-corrected chi connectivity index (χ3v) is 2.63. The summed E-state index contributed by atoms with van der Waals surface area (Å²) < 4.78 is 37.0. The normalized spacial score (nSPS) is 28.1. The Morgan fingerprint density at radius 1 is 1.35 bits per heavy atom. The van der Waals surface area contributed by atoms with Crippen LogP contribution < -0.4 is 0 Å². The van der Waals surface area contributed by atoms with Crippen LogP contribution in [0.2, 0.25) is 0 Å². The molecule has 0 bridgehead atoms. The third-order valence-electron chi connectivity index (χ3n) is 2.02. The number of halogens is 1. The molecule has 1 aliphatic rings. The minimum Gasteiger partial charge on any atom is -0.341 e. The van der Waals surface area contributed by atoms with E-state index in [2.05, 4.69) is 9.44 Å². The molecule has 0 unspecified atom stereocenters. The summed E-state index contributed by atoms with van der Waals surface area (Å²) in [6, 6.07) is 0. The molecule has 0 aromatic heterocycles. The summed E-state index contributed by atoms with van der Waals surface area (Å²) in [5, 5.41) is 3.22. The maximum atomic E-state index is 10.8. The molecule has 1 rings (SSSR count). The molecule has 1 fully saturated rings. The Morgan fingerprint density at radius 2 is 1.88 bits per heavy atom. The summed E-state index contributed by atoms with van der Waals surface area (Å²) in [4.78, 5) is 0. The Kier molecular flexibility index (Phi) is 3.79. The molecule has 1 atom stereocenters. The number of nitrogens with zero attached hydrogens (tertiary/aromatic N) is 1. The minimum atomic E-state index is -3.68. The average Bonchev–Trinajstić information content (AvgIpc) is 2.29. The second-order valence-corrected chi connectivity index (χ2v) is 6.74. The van der Waals surface area contributed by atoms with Crippen molar-refractivity contribution in [3.63, 3.8) is 0 Å². The monoisotopic (exact) mass is 285 g/mol. The van der Waals surface area contributed by atoms with Gasteiger partial charge in [0.15, 0.2) is 11.0 Å². The first-order valence-electron chi connectivity index (χ1n) is 4.93. The van der Waals surface area contributed by atoms with E-state index in [0.717, 1.165) is 6.26 Å². The van der Waals surface area contributed by atoms with Gasteiger partial charge in [0.25, 0.3) is 0 Å². The quantitative estimate of drug-likeness (QED) is 0.579. The summed E-state index contributed by atoms with van der Waals surface area (Å²) in [6.07, 6.45) is 0.197. The van der Waals surface area contributed by atoms with E-state index in [4.69, 9.17) is 21.1 Å². The van der Waals surface area contributed by atoms with Crippen molar-refractivity contribution in [2.45, 2.75) is 45.2 Å². The number of ether oxygens (including phenoxy) is 2. The first-order valence-corrected chi connectivity index (χ1v) is 7.12. The Labute approximate surface area is 106 Å². The van der Waals surface area contributed by atoms with Gasteiger partial charge in [-0.3, -0.25) is 4.28 Å². The van der Waals surface area contributed by atoms with Gasteiger partial charge in [-0.15, -0.1) is 0 Å². The molecule has 0 N–H and O–H groups in total. The van der Waals surface area contributed by atoms with Crippen LogP contribution in [0.1, 0.15) is 27.7 Å². The van der Waals surface area contributed by atoms with Crippen molar-refractivity contribution in [2.24, 2.45) is 5.16 Å². The summed E-state index contributed by atoms with van der Waals surface area (Å²) in [5.41, 5.74) is -0.717. The molecule has 17 heavy (non-hydrogen) atoms. The van der Waals surface area contributed by atoms with Crippen molar-refractivity contribution in [2.75, 3.05) is 6.26 Å². The van der Waals surface area contributed by atoms with Gasteiger partial charge in [-0.1, -0.05) is 16.8 Å². The van der Waals surface area contributed by atoms with Gasteiger partial charge >= 0.3 is 10.1 Å². The molecule has 6 nitrogen and oxygen atoms in total. The van der Waals surface area contributed by atoms with Crippen molar-refractivity contribution in [1.29, 1.82) is 0 Å². The van der Waals surface area contributed by atoms with Gasteiger partial charge in [-0.05, 0) is 27.7 Å². The van der Waals surface area contributed by atoms with Gasteiger partial charge < -0.3 is 9.47 Å². The minimum absolute atomic E-state index is 0.106. The highest BCUT2D eigenvalue weighted by atomic mass is 35.5. The molecule has 0 radical (unpaired) electrons. The van der Waals surface area contributed by atoms with Crippen molar-refractivity contribution < 1.29 is 22.2 Å². The van der Waals surface area contributed by atoms with Crippen LogP contribution in [0.4, 0.5) is 0 Å². The molecule has 1 heterocycles. The number of hydrogen-bond acceptors (Lipinski definition) is 6. The fraction of sp³-hybridized carbons (Fsp3) is 0.889. The molecule has 1 aliphatic heterocycles. The lowest BCUT2D eigenvalue weighted by atomic mass is 10.0. The van der Waals surface area contributed by atoms with Crippen molar-refractivity contribution in [3.8, 4) is 0 Å². The smallest absolute Gasteiger partial charge is 0.325 e. The predicted octanol–water partition coefficient (Wildman–Crippen LogP) is 1.45. The Bertz CT molecular complexity index is 429. The standard InChI is InChI=1S/C9H16ClNO5S/c1-8(2)6(14-9(3,4)15-8)7(10)11-16-17(5,12)13/h6H,1-5H3/b11-7-/t6-/m0/s1. The fourth-order valence-electron chi connectivity index (χ4n) is 1.62. The van der Waals surface area contributed by atoms with E-state index < -0.39 is 27.6 Å². The van der Waals surface area contributed by atoms with Gasteiger partial charge in [0.2, 0.25) is 0 Å². The Morgan fingerprint density at radius 3 is 2.24 bits per heavy atom. The van der Waals surface area contributed by atoms with Crippen molar-refractivity contribution >= 4 is 26.9 Å². The van der Waals surface area contributed by atoms with Crippen LogP contribution in [0.25, 0.3) is 0 Å². The predicted molar refractivity (Wildman–Crippen MR) is 63.3 cm³/mol. The molecule has 1 saturated heterocycles. The SMILES string of the molecule is CC1(C)O[C@@H](/C(Cl)=N/OS(C)(=O)=O)C(C)(C)O1. The molecule has 0 aromatic carbocycles. The summed E-state index contributed by atoms with van der Waals surface area (Å²) >= 11 is 5.86. The van der Waals surface area contributed by atoms with Crippen LogP contribution in [-0.2, 0) is 23.9 Å². The first kappa shape index (κ1) is 14.7. The molecule has 0 aromatic rings. The maximum Gasteiger partial charge on any atom is 0.325 e. The number of hydrogen-bond donors (Lipinski definition) is 0. The Hall–Kier alpha value is -0.370. The average molecular weight is 286 g/mol. The van der Waals surface area contributed by atoms with Crippen LogP contribution in [0.3, 0.4) is 0 Å². The van der Waals surface area contributed by atoms with Crippen LogP contribution in [0.5, 0.6) is 0 Å². The van der Waals surface area contributed by atoms with E-state index in [-0.39, 0.29) is 5.17 Å². The van der Waals surface area contributed by atoms with Crippen LogP contribution >= 0.6 is 11.6 Å². The molecule has 0 aliphatic carbocycles. The van der Waals surface area contributed by atoms with Gasteiger partial charge in [0, 0.05) is 0 Å². The van der Waals surface area contributed by atoms with E-state index in [9.17, 15) is 8.42 Å². The zero-order valence-electron chi connectivity index (χ0n) is 10.4. The highest BCUT2D eigenvalue weighted by Crippen LogP contribution is 2.37. The summed E-state index contributed by atoms with van der Waals surface area (Å²) in [6.45, 7) is 7.00. The highest BCUT2D eigenvalue weighted by molar-refractivity contribution is 7.85. The molecule has 100 valence electrons. The number of rotatable bonds is 3. The number of oxime groups is 1. The maximum absolute atomic E-state index is 10.8. The first-order chi connectivity index (χ1) is 7.43. The molecule has 0 saturated carbocycles. The van der Waals surface area contributed by atoms with Crippen LogP contribution in [-0.4, -0.2) is 37.3 Å². The van der Waals surface area contributed by atoms with Crippen molar-refractivity contribution in [3.05, 3.63) is 0 Å². The summed E-state index contributed by atoms with van der Waals surface area (Å²) in [5.74, 6) is -0.811. The van der Waals surface area contributed by atoms with Gasteiger partial charge in [0.1, 0.15) is 6.10 Å². The van der Waals surface area contributed by atoms with E-state index in [1.54, 1.807) is 27.7 Å². The molecule has 0 amide bonds. The zero-order valence-corrected chi connectivity index (χ0v) is 11.9. The van der Waals surface area contributed by atoms with E-state index in [1.165, 1.54) is 0 Å². The fourth-order valence-corrected chi connectivity index (χ4v) is 2.22. The van der Waals surface area contributed by atoms with Gasteiger partial charge in [0.05, 0.1) is 11.9 Å². The third kappa shape index (κ3) is 4.09. The van der Waals surface area contributed by atoms with E-state index in [0.29, 0.717) is 0 Å². The lowest BCUT2D eigenvalue weighted by Gasteiger charge is -2.22. The lowest BCUT2D eigenvalue weighted by molar-refractivity contribution is -0.155. The highest BCUT2D eigenvalue weighted by Gasteiger charge is 2.49. The van der Waals surface area contributed by atoms with E-state index >= 15 is 0 Å². The second kappa shape index (κ2) is 4.38. The molecule has 8 heteroatoms. The van der Waals surface area contributed by atoms with Crippen LogP contribution in [0, 0.1) is 0 Å². The molecular formula is C9H16ClNO5S. The molecule has 0 spiro atoms. The topological polar surface area (TPSA) is 74.2 Å². The summed E-state index contributed by atoms with van der Waals surface area (Å²) in [7, 11) is -3.68.